The van der Waals surface area contributed by atoms with Crippen molar-refractivity contribution in [3.8, 4) is 11.5 Å². The van der Waals surface area contributed by atoms with Crippen molar-refractivity contribution in [2.24, 2.45) is 5.73 Å². The van der Waals surface area contributed by atoms with Crippen LogP contribution in [0.1, 0.15) is 30.4 Å². The second-order valence-corrected chi connectivity index (χ2v) is 13.1. The lowest BCUT2D eigenvalue weighted by Crippen LogP contribution is -2.59. The van der Waals surface area contributed by atoms with Gasteiger partial charge >= 0.3 is 11.9 Å². The summed E-state index contributed by atoms with van der Waals surface area (Å²) < 4.78 is 0. The number of carbonyl (C=O) groups excluding carboxylic acids is 4. The molecule has 2 rings (SSSR count). The summed E-state index contributed by atoms with van der Waals surface area (Å²) in [5.41, 5.74) is 6.79. The Hall–Kier alpha value is -4.48. The van der Waals surface area contributed by atoms with Crippen molar-refractivity contribution in [3.63, 3.8) is 0 Å². The zero-order valence-electron chi connectivity index (χ0n) is 27.1. The summed E-state index contributed by atoms with van der Waals surface area (Å²) in [5.74, 6) is -4.92. The topological polar surface area (TPSA) is 257 Å². The highest BCUT2D eigenvalue weighted by atomic mass is 32.2. The van der Waals surface area contributed by atoms with Crippen molar-refractivity contribution >= 4 is 59.1 Å². The smallest absolute Gasteiger partial charge is 0.326 e. The third-order valence-electron chi connectivity index (χ3n) is 7.22. The Labute approximate surface area is 292 Å². The number of carboxylic acid groups (broad SMARTS) is 2. The SMILES string of the molecule is CSCC[C@H](NC(=O)[C@H](CCSC)NC(=O)[C@H](Cc1ccc(O)cc1)NC(=O)[C@@H](N)CC(=O)O)C(=O)N[C@@H](Cc1ccc(O)cc1)C(=O)O. The Morgan fingerprint density at radius 1 is 0.612 bits per heavy atom. The maximum atomic E-state index is 13.6. The van der Waals surface area contributed by atoms with Gasteiger partial charge in [0.05, 0.1) is 12.5 Å². The van der Waals surface area contributed by atoms with Crippen molar-refractivity contribution in [2.75, 3.05) is 24.0 Å². The number of aromatic hydroxyl groups is 2. The number of thioether (sulfide) groups is 2. The molecule has 0 aromatic heterocycles. The summed E-state index contributed by atoms with van der Waals surface area (Å²) in [5, 5.41) is 48.2. The van der Waals surface area contributed by atoms with Crippen LogP contribution in [0.4, 0.5) is 0 Å². The van der Waals surface area contributed by atoms with Gasteiger partial charge in [-0.15, -0.1) is 0 Å². The molecule has 10 N–H and O–H groups in total. The molecule has 2 aromatic carbocycles. The highest BCUT2D eigenvalue weighted by Crippen LogP contribution is 2.14. The predicted molar refractivity (Wildman–Crippen MR) is 185 cm³/mol. The molecule has 0 saturated heterocycles. The summed E-state index contributed by atoms with van der Waals surface area (Å²) in [6.07, 6.45) is 3.01. The standard InChI is InChI=1S/C32H43N5O10S2/c1-48-13-11-23(35-31(45)25(15-18-3-7-20(38)8-4-18)36-28(42)22(33)17-27(40)41)29(43)34-24(12-14-49-2)30(44)37-26(32(46)47)16-19-5-9-21(39)10-6-19/h3-10,22-26,38-39H,11-17,33H2,1-2H3,(H,34,43)(H,35,45)(H,36,42)(H,37,44)(H,40,41)(H,46,47)/t22-,23-,24-,25-,26-/m0/s1. The number of nitrogens with two attached hydrogens (primary N) is 1. The fraction of sp³-hybridized carbons (Fsp3) is 0.438. The number of carbonyl (C=O) groups is 6. The van der Waals surface area contributed by atoms with Gasteiger partial charge in [0.2, 0.25) is 23.6 Å². The minimum atomic E-state index is -1.46. The van der Waals surface area contributed by atoms with E-state index in [2.05, 4.69) is 21.3 Å². The molecule has 0 saturated carbocycles. The van der Waals surface area contributed by atoms with Crippen LogP contribution in [0.15, 0.2) is 48.5 Å². The molecule has 2 aromatic rings. The molecule has 0 fully saturated rings. The monoisotopic (exact) mass is 721 g/mol. The van der Waals surface area contributed by atoms with Crippen LogP contribution in [0, 0.1) is 0 Å². The van der Waals surface area contributed by atoms with Crippen LogP contribution in [0.2, 0.25) is 0 Å². The van der Waals surface area contributed by atoms with Crippen molar-refractivity contribution in [2.45, 2.75) is 62.3 Å². The van der Waals surface area contributed by atoms with Crippen LogP contribution < -0.4 is 27.0 Å². The van der Waals surface area contributed by atoms with Crippen LogP contribution in [-0.2, 0) is 41.6 Å². The highest BCUT2D eigenvalue weighted by molar-refractivity contribution is 7.98. The first-order valence-electron chi connectivity index (χ1n) is 15.2. The molecule has 0 aliphatic rings. The number of hydrogen-bond acceptors (Lipinski definition) is 11. The first-order valence-corrected chi connectivity index (χ1v) is 18.0. The minimum Gasteiger partial charge on any atom is -0.508 e. The normalized spacial score (nSPS) is 13.9. The first-order chi connectivity index (χ1) is 23.2. The van der Waals surface area contributed by atoms with Crippen molar-refractivity contribution in [3.05, 3.63) is 59.7 Å². The van der Waals surface area contributed by atoms with Gasteiger partial charge in [0.15, 0.2) is 0 Å². The number of rotatable bonds is 21. The van der Waals surface area contributed by atoms with Gasteiger partial charge < -0.3 is 47.4 Å². The van der Waals surface area contributed by atoms with E-state index in [0.717, 1.165) is 0 Å². The van der Waals surface area contributed by atoms with E-state index in [-0.39, 0.29) is 37.2 Å². The van der Waals surface area contributed by atoms with E-state index in [1.807, 2.05) is 0 Å². The number of nitrogens with one attached hydrogen (secondary N) is 4. The summed E-state index contributed by atoms with van der Waals surface area (Å²) >= 11 is 2.81. The molecule has 5 atom stereocenters. The Morgan fingerprint density at radius 2 is 0.980 bits per heavy atom. The molecule has 0 spiro atoms. The van der Waals surface area contributed by atoms with Gasteiger partial charge in [-0.3, -0.25) is 24.0 Å². The van der Waals surface area contributed by atoms with E-state index in [9.17, 15) is 44.1 Å². The van der Waals surface area contributed by atoms with Gasteiger partial charge in [-0.1, -0.05) is 24.3 Å². The molecule has 0 heterocycles. The fourth-order valence-corrected chi connectivity index (χ4v) is 5.47. The quantitative estimate of drug-likeness (QED) is 0.0837. The van der Waals surface area contributed by atoms with E-state index in [4.69, 9.17) is 10.8 Å². The van der Waals surface area contributed by atoms with Crippen LogP contribution in [-0.4, -0.2) is 110 Å². The Morgan fingerprint density at radius 3 is 1.37 bits per heavy atom. The fourth-order valence-electron chi connectivity index (χ4n) is 4.53. The van der Waals surface area contributed by atoms with Gasteiger partial charge in [0.25, 0.3) is 0 Å². The number of phenolic OH excluding ortho intramolecular Hbond substituents is 2. The van der Waals surface area contributed by atoms with E-state index < -0.39 is 72.2 Å². The third-order valence-corrected chi connectivity index (χ3v) is 8.51. The summed E-state index contributed by atoms with van der Waals surface area (Å²) in [7, 11) is 0. The van der Waals surface area contributed by atoms with E-state index in [1.54, 1.807) is 12.5 Å². The molecule has 4 amide bonds. The molecular weight excluding hydrogens is 679 g/mol. The molecule has 0 aliphatic heterocycles. The van der Waals surface area contributed by atoms with Crippen LogP contribution in [0.5, 0.6) is 11.5 Å². The predicted octanol–water partition coefficient (Wildman–Crippen LogP) is 0.215. The molecule has 0 aliphatic carbocycles. The second-order valence-electron chi connectivity index (χ2n) is 11.1. The molecule has 0 bridgehead atoms. The van der Waals surface area contributed by atoms with E-state index in [1.165, 1.54) is 72.1 Å². The Balaban J connectivity index is 2.26. The molecule has 268 valence electrons. The van der Waals surface area contributed by atoms with E-state index in [0.29, 0.717) is 22.6 Å². The van der Waals surface area contributed by atoms with Gasteiger partial charge in [0.1, 0.15) is 35.7 Å². The number of amides is 4. The average Bonchev–Trinajstić information content (AvgIpc) is 3.05. The number of carboxylic acids is 2. The van der Waals surface area contributed by atoms with Gasteiger partial charge in [-0.2, -0.15) is 23.5 Å². The molecule has 0 unspecified atom stereocenters. The number of phenols is 2. The highest BCUT2D eigenvalue weighted by Gasteiger charge is 2.32. The Bertz CT molecular complexity index is 1430. The zero-order chi connectivity index (χ0) is 36.5. The zero-order valence-corrected chi connectivity index (χ0v) is 28.7. The molecule has 49 heavy (non-hydrogen) atoms. The lowest BCUT2D eigenvalue weighted by atomic mass is 10.0. The molecule has 15 nitrogen and oxygen atoms in total. The third kappa shape index (κ3) is 14.7. The van der Waals surface area contributed by atoms with Crippen molar-refractivity contribution < 1.29 is 49.2 Å². The second kappa shape index (κ2) is 20.8. The number of hydrogen-bond donors (Lipinski definition) is 9. The summed E-state index contributed by atoms with van der Waals surface area (Å²) in [4.78, 5) is 76.4. The first kappa shape index (κ1) is 40.7. The average molecular weight is 722 g/mol. The van der Waals surface area contributed by atoms with Gasteiger partial charge in [-0.25, -0.2) is 4.79 Å². The van der Waals surface area contributed by atoms with Crippen LogP contribution >= 0.6 is 23.5 Å². The maximum absolute atomic E-state index is 13.6. The van der Waals surface area contributed by atoms with Crippen LogP contribution in [0.3, 0.4) is 0 Å². The summed E-state index contributed by atoms with van der Waals surface area (Å²) in [6, 6.07) is 5.24. The van der Waals surface area contributed by atoms with E-state index >= 15 is 0 Å². The number of aliphatic carboxylic acids is 2. The Kier molecular flexibility index (Phi) is 17.3. The lowest BCUT2D eigenvalue weighted by molar-refractivity contribution is -0.142. The number of benzene rings is 2. The van der Waals surface area contributed by atoms with Crippen molar-refractivity contribution in [1.82, 2.24) is 21.3 Å². The van der Waals surface area contributed by atoms with Crippen molar-refractivity contribution in [1.29, 1.82) is 0 Å². The maximum Gasteiger partial charge on any atom is 0.326 e. The lowest BCUT2D eigenvalue weighted by Gasteiger charge is -2.26. The molecule has 0 radical (unpaired) electrons. The largest absolute Gasteiger partial charge is 0.508 e. The van der Waals surface area contributed by atoms with Gasteiger partial charge in [0, 0.05) is 12.8 Å². The molecule has 17 heteroatoms. The minimum absolute atomic E-state index is 0.00145. The van der Waals surface area contributed by atoms with Gasteiger partial charge in [-0.05, 0) is 72.3 Å². The molecular formula is C32H43N5O10S2. The van der Waals surface area contributed by atoms with Crippen LogP contribution in [0.25, 0.3) is 0 Å². The summed E-state index contributed by atoms with van der Waals surface area (Å²) in [6.45, 7) is 0.